The second kappa shape index (κ2) is 11.9. The standard InChI is InChI=1S/C20H34O5/c1-15-16(18(22)20(25-4)19(24-3)17(15)21)13-11-9-7-5-6-8-10-12-14-23-2/h21-22H,5-14H2,1-4H3. The van der Waals surface area contributed by atoms with E-state index in [0.717, 1.165) is 37.9 Å². The molecule has 0 unspecified atom stereocenters. The summed E-state index contributed by atoms with van der Waals surface area (Å²) in [6.07, 6.45) is 10.2. The summed E-state index contributed by atoms with van der Waals surface area (Å²) >= 11 is 0. The summed E-state index contributed by atoms with van der Waals surface area (Å²) in [4.78, 5) is 0. The number of hydrogen-bond acceptors (Lipinski definition) is 5. The molecule has 0 aliphatic heterocycles. The SMILES string of the molecule is COCCCCCCCCCCc1c(C)c(O)c(OC)c(OC)c1O. The van der Waals surface area contributed by atoms with Crippen molar-refractivity contribution in [2.45, 2.75) is 64.7 Å². The van der Waals surface area contributed by atoms with Crippen molar-refractivity contribution in [2.24, 2.45) is 0 Å². The maximum Gasteiger partial charge on any atom is 0.207 e. The Morgan fingerprint density at radius 3 is 1.68 bits per heavy atom. The molecule has 0 saturated carbocycles. The third-order valence-corrected chi connectivity index (χ3v) is 4.66. The molecule has 144 valence electrons. The average molecular weight is 354 g/mol. The highest BCUT2D eigenvalue weighted by molar-refractivity contribution is 5.65. The lowest BCUT2D eigenvalue weighted by Gasteiger charge is -2.17. The number of aromatic hydroxyl groups is 2. The minimum absolute atomic E-state index is 0.0446. The first-order chi connectivity index (χ1) is 12.1. The van der Waals surface area contributed by atoms with E-state index >= 15 is 0 Å². The number of benzene rings is 1. The first-order valence-electron chi connectivity index (χ1n) is 9.22. The first-order valence-corrected chi connectivity index (χ1v) is 9.22. The quantitative estimate of drug-likeness (QED) is 0.396. The molecule has 0 aromatic heterocycles. The van der Waals surface area contributed by atoms with Crippen LogP contribution in [-0.4, -0.2) is 38.1 Å². The van der Waals surface area contributed by atoms with Crippen LogP contribution in [0.15, 0.2) is 0 Å². The Kier molecular flexibility index (Phi) is 10.2. The number of unbranched alkanes of at least 4 members (excludes halogenated alkanes) is 7. The fourth-order valence-corrected chi connectivity index (χ4v) is 3.14. The Balaban J connectivity index is 2.41. The number of methoxy groups -OCH3 is 3. The van der Waals surface area contributed by atoms with E-state index in [1.165, 1.54) is 46.3 Å². The predicted octanol–water partition coefficient (Wildman–Crippen LogP) is 4.73. The van der Waals surface area contributed by atoms with Crippen LogP contribution in [0.25, 0.3) is 0 Å². The molecule has 25 heavy (non-hydrogen) atoms. The van der Waals surface area contributed by atoms with Gasteiger partial charge in [-0.1, -0.05) is 38.5 Å². The van der Waals surface area contributed by atoms with Crippen LogP contribution in [0, 0.1) is 6.92 Å². The first kappa shape index (κ1) is 21.4. The zero-order valence-corrected chi connectivity index (χ0v) is 16.2. The lowest BCUT2D eigenvalue weighted by molar-refractivity contribution is 0.192. The molecule has 0 heterocycles. The van der Waals surface area contributed by atoms with Gasteiger partial charge in [-0.2, -0.15) is 0 Å². The molecule has 0 aliphatic carbocycles. The lowest BCUT2D eigenvalue weighted by Crippen LogP contribution is -1.99. The van der Waals surface area contributed by atoms with Crippen molar-refractivity contribution in [3.63, 3.8) is 0 Å². The highest BCUT2D eigenvalue weighted by Crippen LogP contribution is 2.48. The van der Waals surface area contributed by atoms with E-state index in [0.29, 0.717) is 5.56 Å². The second-order valence-corrected chi connectivity index (χ2v) is 6.44. The molecule has 0 spiro atoms. The molecule has 0 fully saturated rings. The third kappa shape index (κ3) is 6.31. The zero-order valence-electron chi connectivity index (χ0n) is 16.2. The maximum absolute atomic E-state index is 10.4. The number of phenols is 2. The molecule has 0 saturated heterocycles. The Morgan fingerprint density at radius 2 is 1.16 bits per heavy atom. The highest BCUT2D eigenvalue weighted by Gasteiger charge is 2.22. The molecule has 0 aliphatic rings. The fraction of sp³-hybridized carbons (Fsp3) is 0.700. The van der Waals surface area contributed by atoms with Gasteiger partial charge in [0.05, 0.1) is 14.2 Å². The van der Waals surface area contributed by atoms with Crippen LogP contribution >= 0.6 is 0 Å². The number of phenolic OH excluding ortho intramolecular Hbond substituents is 2. The molecule has 0 bridgehead atoms. The van der Waals surface area contributed by atoms with Gasteiger partial charge in [-0.25, -0.2) is 0 Å². The van der Waals surface area contributed by atoms with Gasteiger partial charge in [0.1, 0.15) is 0 Å². The molecule has 5 nitrogen and oxygen atoms in total. The largest absolute Gasteiger partial charge is 0.504 e. The molecule has 1 rings (SSSR count). The summed E-state index contributed by atoms with van der Waals surface area (Å²) in [5.74, 6) is 0.516. The van der Waals surface area contributed by atoms with Gasteiger partial charge < -0.3 is 24.4 Å². The Bertz CT molecular complexity index is 514. The van der Waals surface area contributed by atoms with E-state index in [4.69, 9.17) is 14.2 Å². The average Bonchev–Trinajstić information content (AvgIpc) is 2.61. The molecule has 1 aromatic rings. The summed E-state index contributed by atoms with van der Waals surface area (Å²) in [7, 11) is 4.66. The predicted molar refractivity (Wildman–Crippen MR) is 100 cm³/mol. The van der Waals surface area contributed by atoms with Crippen molar-refractivity contribution >= 4 is 0 Å². The molecular formula is C20H34O5. The van der Waals surface area contributed by atoms with Crippen molar-refractivity contribution in [1.29, 1.82) is 0 Å². The topological polar surface area (TPSA) is 68.2 Å². The van der Waals surface area contributed by atoms with Crippen LogP contribution in [0.3, 0.4) is 0 Å². The van der Waals surface area contributed by atoms with Gasteiger partial charge in [-0.15, -0.1) is 0 Å². The monoisotopic (exact) mass is 354 g/mol. The Hall–Kier alpha value is -1.62. The summed E-state index contributed by atoms with van der Waals surface area (Å²) in [6.45, 7) is 2.66. The van der Waals surface area contributed by atoms with Crippen LogP contribution in [0.2, 0.25) is 0 Å². The van der Waals surface area contributed by atoms with Crippen LogP contribution in [-0.2, 0) is 11.2 Å². The minimum atomic E-state index is 0.0446. The van der Waals surface area contributed by atoms with E-state index in [1.54, 1.807) is 14.0 Å². The number of rotatable bonds is 13. The van der Waals surface area contributed by atoms with E-state index < -0.39 is 0 Å². The van der Waals surface area contributed by atoms with Crippen LogP contribution in [0.4, 0.5) is 0 Å². The fourth-order valence-electron chi connectivity index (χ4n) is 3.14. The molecule has 2 N–H and O–H groups in total. The molecule has 0 radical (unpaired) electrons. The van der Waals surface area contributed by atoms with Gasteiger partial charge in [0.15, 0.2) is 11.5 Å². The van der Waals surface area contributed by atoms with Gasteiger partial charge in [0, 0.05) is 24.8 Å². The van der Waals surface area contributed by atoms with Crippen molar-refractivity contribution in [3.8, 4) is 23.0 Å². The van der Waals surface area contributed by atoms with E-state index in [9.17, 15) is 10.2 Å². The molecule has 0 atom stereocenters. The van der Waals surface area contributed by atoms with Crippen LogP contribution in [0.5, 0.6) is 23.0 Å². The van der Waals surface area contributed by atoms with Gasteiger partial charge in [-0.05, 0) is 26.2 Å². The summed E-state index contributed by atoms with van der Waals surface area (Å²) < 4.78 is 15.4. The molecule has 1 aromatic carbocycles. The van der Waals surface area contributed by atoms with Gasteiger partial charge in [-0.3, -0.25) is 0 Å². The molecule has 5 heteroatoms. The van der Waals surface area contributed by atoms with E-state index in [-0.39, 0.29) is 23.0 Å². The highest BCUT2D eigenvalue weighted by atomic mass is 16.5. The normalized spacial score (nSPS) is 10.9. The van der Waals surface area contributed by atoms with Gasteiger partial charge in [0.25, 0.3) is 0 Å². The van der Waals surface area contributed by atoms with Crippen molar-refractivity contribution < 1.29 is 24.4 Å². The van der Waals surface area contributed by atoms with Gasteiger partial charge >= 0.3 is 0 Å². The summed E-state index contributed by atoms with van der Waals surface area (Å²) in [5, 5.41) is 20.7. The number of hydrogen-bond donors (Lipinski definition) is 2. The Labute approximate surface area is 151 Å². The smallest absolute Gasteiger partial charge is 0.207 e. The molecule has 0 amide bonds. The van der Waals surface area contributed by atoms with E-state index in [2.05, 4.69) is 0 Å². The maximum atomic E-state index is 10.4. The van der Waals surface area contributed by atoms with Crippen LogP contribution < -0.4 is 9.47 Å². The third-order valence-electron chi connectivity index (χ3n) is 4.66. The lowest BCUT2D eigenvalue weighted by atomic mass is 9.98. The van der Waals surface area contributed by atoms with Gasteiger partial charge in [0.2, 0.25) is 11.5 Å². The van der Waals surface area contributed by atoms with E-state index in [1.807, 2.05) is 0 Å². The van der Waals surface area contributed by atoms with Crippen molar-refractivity contribution in [3.05, 3.63) is 11.1 Å². The zero-order chi connectivity index (χ0) is 18.7. The van der Waals surface area contributed by atoms with Crippen molar-refractivity contribution in [2.75, 3.05) is 27.9 Å². The summed E-state index contributed by atoms with van der Waals surface area (Å²) in [6, 6.07) is 0. The van der Waals surface area contributed by atoms with Crippen molar-refractivity contribution in [1.82, 2.24) is 0 Å². The summed E-state index contributed by atoms with van der Waals surface area (Å²) in [5.41, 5.74) is 1.41. The number of ether oxygens (including phenoxy) is 3. The second-order valence-electron chi connectivity index (χ2n) is 6.44. The Morgan fingerprint density at radius 1 is 0.680 bits per heavy atom. The molecular weight excluding hydrogens is 320 g/mol. The minimum Gasteiger partial charge on any atom is -0.504 e. The van der Waals surface area contributed by atoms with Crippen LogP contribution in [0.1, 0.15) is 62.5 Å².